The van der Waals surface area contributed by atoms with Crippen LogP contribution in [-0.4, -0.2) is 57.8 Å². The Morgan fingerprint density at radius 2 is 1.97 bits per heavy atom. The van der Waals surface area contributed by atoms with E-state index >= 15 is 0 Å². The van der Waals surface area contributed by atoms with Crippen LogP contribution in [0.1, 0.15) is 27.9 Å². The Balaban J connectivity index is 1.50. The second-order valence-corrected chi connectivity index (χ2v) is 7.53. The SMILES string of the molecule is CN=C(NCc1ccc(OC)c(C(=O)OC)c1)N1CCC(COCc2ccccc2)C1. The molecule has 1 aliphatic rings. The predicted molar refractivity (Wildman–Crippen MR) is 120 cm³/mol. The Kier molecular flexibility index (Phi) is 8.29. The van der Waals surface area contributed by atoms with Gasteiger partial charge in [0, 0.05) is 32.6 Å². The van der Waals surface area contributed by atoms with Gasteiger partial charge in [-0.2, -0.15) is 0 Å². The van der Waals surface area contributed by atoms with E-state index in [9.17, 15) is 4.79 Å². The first-order chi connectivity index (χ1) is 15.1. The van der Waals surface area contributed by atoms with Crippen LogP contribution in [0.15, 0.2) is 53.5 Å². The van der Waals surface area contributed by atoms with Crippen molar-refractivity contribution in [2.75, 3.05) is 41.0 Å². The molecule has 0 aromatic heterocycles. The number of aliphatic imine (C=N–C) groups is 1. The van der Waals surface area contributed by atoms with Crippen molar-refractivity contribution in [3.63, 3.8) is 0 Å². The number of nitrogens with zero attached hydrogens (tertiary/aromatic N) is 2. The van der Waals surface area contributed by atoms with Crippen LogP contribution in [0.4, 0.5) is 0 Å². The minimum atomic E-state index is -0.416. The molecule has 0 bridgehead atoms. The highest BCUT2D eigenvalue weighted by molar-refractivity contribution is 5.92. The summed E-state index contributed by atoms with van der Waals surface area (Å²) in [5.41, 5.74) is 2.56. The van der Waals surface area contributed by atoms with Crippen LogP contribution in [0.25, 0.3) is 0 Å². The number of likely N-dealkylation sites (tertiary alicyclic amines) is 1. The monoisotopic (exact) mass is 425 g/mol. The average Bonchev–Trinajstić information content (AvgIpc) is 3.28. The molecule has 2 aromatic carbocycles. The number of rotatable bonds is 8. The third kappa shape index (κ3) is 6.21. The summed E-state index contributed by atoms with van der Waals surface area (Å²) in [7, 11) is 4.69. The van der Waals surface area contributed by atoms with Crippen molar-refractivity contribution in [2.45, 2.75) is 19.6 Å². The summed E-state index contributed by atoms with van der Waals surface area (Å²) in [6.45, 7) is 3.78. The minimum Gasteiger partial charge on any atom is -0.496 e. The van der Waals surface area contributed by atoms with Crippen molar-refractivity contribution in [2.24, 2.45) is 10.9 Å². The zero-order chi connectivity index (χ0) is 22.1. The van der Waals surface area contributed by atoms with Gasteiger partial charge >= 0.3 is 5.97 Å². The zero-order valence-electron chi connectivity index (χ0n) is 18.5. The highest BCUT2D eigenvalue weighted by atomic mass is 16.5. The van der Waals surface area contributed by atoms with Gasteiger partial charge < -0.3 is 24.4 Å². The van der Waals surface area contributed by atoms with E-state index in [4.69, 9.17) is 14.2 Å². The molecule has 31 heavy (non-hydrogen) atoms. The Bertz CT molecular complexity index is 886. The maximum absolute atomic E-state index is 12.0. The molecule has 1 heterocycles. The number of carbonyl (C=O) groups excluding carboxylic acids is 1. The molecule has 1 fully saturated rings. The van der Waals surface area contributed by atoms with E-state index < -0.39 is 5.97 Å². The van der Waals surface area contributed by atoms with E-state index in [0.29, 0.717) is 30.4 Å². The highest BCUT2D eigenvalue weighted by Gasteiger charge is 2.25. The van der Waals surface area contributed by atoms with Crippen molar-refractivity contribution in [1.82, 2.24) is 10.2 Å². The molecule has 7 nitrogen and oxygen atoms in total. The molecule has 1 saturated heterocycles. The first-order valence-corrected chi connectivity index (χ1v) is 10.5. The Morgan fingerprint density at radius 3 is 2.68 bits per heavy atom. The van der Waals surface area contributed by atoms with Gasteiger partial charge in [-0.1, -0.05) is 36.4 Å². The molecule has 2 aromatic rings. The third-order valence-corrected chi connectivity index (χ3v) is 5.38. The lowest BCUT2D eigenvalue weighted by molar-refractivity contribution is 0.0597. The van der Waals surface area contributed by atoms with Crippen molar-refractivity contribution in [3.8, 4) is 5.75 Å². The smallest absolute Gasteiger partial charge is 0.341 e. The summed E-state index contributed by atoms with van der Waals surface area (Å²) in [6, 6.07) is 15.7. The lowest BCUT2D eigenvalue weighted by Crippen LogP contribution is -2.39. The molecule has 7 heteroatoms. The van der Waals surface area contributed by atoms with E-state index in [1.165, 1.54) is 19.8 Å². The van der Waals surface area contributed by atoms with Gasteiger partial charge in [0.1, 0.15) is 11.3 Å². The normalized spacial score (nSPS) is 16.3. The van der Waals surface area contributed by atoms with Gasteiger partial charge in [0.2, 0.25) is 0 Å². The molecule has 1 N–H and O–H groups in total. The van der Waals surface area contributed by atoms with E-state index in [2.05, 4.69) is 27.3 Å². The maximum Gasteiger partial charge on any atom is 0.341 e. The summed E-state index contributed by atoms with van der Waals surface area (Å²) in [5, 5.41) is 3.39. The largest absolute Gasteiger partial charge is 0.496 e. The van der Waals surface area contributed by atoms with Crippen LogP contribution in [-0.2, 0) is 22.6 Å². The van der Waals surface area contributed by atoms with Gasteiger partial charge in [-0.3, -0.25) is 4.99 Å². The number of hydrogen-bond donors (Lipinski definition) is 1. The topological polar surface area (TPSA) is 72.4 Å². The van der Waals surface area contributed by atoms with E-state index in [0.717, 1.165) is 37.6 Å². The van der Waals surface area contributed by atoms with Gasteiger partial charge in [0.05, 0.1) is 27.4 Å². The van der Waals surface area contributed by atoms with Crippen molar-refractivity contribution >= 4 is 11.9 Å². The van der Waals surface area contributed by atoms with Gasteiger partial charge in [0.25, 0.3) is 0 Å². The molecule has 0 aliphatic carbocycles. The standard InChI is InChI=1S/C24H31N3O4/c1-25-24(26-14-19-9-10-22(29-2)21(13-19)23(28)30-3)27-12-11-20(15-27)17-31-16-18-7-5-4-6-8-18/h4-10,13,20H,11-12,14-17H2,1-3H3,(H,25,26). The van der Waals surface area contributed by atoms with Crippen LogP contribution in [0.5, 0.6) is 5.75 Å². The number of nitrogens with one attached hydrogen (secondary N) is 1. The van der Waals surface area contributed by atoms with Crippen LogP contribution < -0.4 is 10.1 Å². The molecule has 3 rings (SSSR count). The van der Waals surface area contributed by atoms with Crippen LogP contribution >= 0.6 is 0 Å². The average molecular weight is 426 g/mol. The van der Waals surface area contributed by atoms with Crippen LogP contribution in [0, 0.1) is 5.92 Å². The number of ether oxygens (including phenoxy) is 3. The first kappa shape index (κ1) is 22.6. The van der Waals surface area contributed by atoms with E-state index in [1.54, 1.807) is 19.2 Å². The molecule has 1 aliphatic heterocycles. The van der Waals surface area contributed by atoms with Crippen LogP contribution in [0.3, 0.4) is 0 Å². The predicted octanol–water partition coefficient (Wildman–Crippen LogP) is 3.10. The first-order valence-electron chi connectivity index (χ1n) is 10.5. The molecular weight excluding hydrogens is 394 g/mol. The second kappa shape index (κ2) is 11.4. The molecule has 1 unspecified atom stereocenters. The summed E-state index contributed by atoms with van der Waals surface area (Å²) >= 11 is 0. The van der Waals surface area contributed by atoms with E-state index in [1.807, 2.05) is 24.3 Å². The number of esters is 1. The zero-order valence-corrected chi connectivity index (χ0v) is 18.5. The van der Waals surface area contributed by atoms with Gasteiger partial charge in [-0.25, -0.2) is 4.79 Å². The number of benzene rings is 2. The fraction of sp³-hybridized carbons (Fsp3) is 0.417. The number of methoxy groups -OCH3 is 2. The third-order valence-electron chi connectivity index (χ3n) is 5.38. The number of hydrogen-bond acceptors (Lipinski definition) is 5. The van der Waals surface area contributed by atoms with Crippen molar-refractivity contribution in [3.05, 3.63) is 65.2 Å². The quantitative estimate of drug-likeness (QED) is 0.398. The number of guanidine groups is 1. The number of carbonyl (C=O) groups is 1. The van der Waals surface area contributed by atoms with Crippen LogP contribution in [0.2, 0.25) is 0 Å². The summed E-state index contributed by atoms with van der Waals surface area (Å²) in [4.78, 5) is 18.7. The molecule has 0 amide bonds. The fourth-order valence-electron chi connectivity index (χ4n) is 3.73. The maximum atomic E-state index is 12.0. The Hall–Kier alpha value is -3.06. The molecule has 1 atom stereocenters. The Labute approximate surface area is 184 Å². The second-order valence-electron chi connectivity index (χ2n) is 7.53. The minimum absolute atomic E-state index is 0.413. The molecule has 166 valence electrons. The molecule has 0 saturated carbocycles. The summed E-state index contributed by atoms with van der Waals surface area (Å²) in [6.07, 6.45) is 1.07. The fourth-order valence-corrected chi connectivity index (χ4v) is 3.73. The van der Waals surface area contributed by atoms with E-state index in [-0.39, 0.29) is 0 Å². The van der Waals surface area contributed by atoms with Gasteiger partial charge in [0.15, 0.2) is 5.96 Å². The Morgan fingerprint density at radius 1 is 1.16 bits per heavy atom. The molecular formula is C24H31N3O4. The van der Waals surface area contributed by atoms with Crippen molar-refractivity contribution in [1.29, 1.82) is 0 Å². The van der Waals surface area contributed by atoms with Gasteiger partial charge in [-0.15, -0.1) is 0 Å². The lowest BCUT2D eigenvalue weighted by atomic mass is 10.1. The van der Waals surface area contributed by atoms with Crippen molar-refractivity contribution < 1.29 is 19.0 Å². The van der Waals surface area contributed by atoms with Gasteiger partial charge in [-0.05, 0) is 29.7 Å². The summed E-state index contributed by atoms with van der Waals surface area (Å²) < 4.78 is 16.0. The molecule has 0 spiro atoms. The highest BCUT2D eigenvalue weighted by Crippen LogP contribution is 2.21. The summed E-state index contributed by atoms with van der Waals surface area (Å²) in [5.74, 6) is 1.41. The molecule has 0 radical (unpaired) electrons. The lowest BCUT2D eigenvalue weighted by Gasteiger charge is -2.22.